The summed E-state index contributed by atoms with van der Waals surface area (Å²) >= 11 is 0. The number of hydrogen-bond acceptors (Lipinski definition) is 7. The number of aliphatic hydroxyl groups is 1. The zero-order chi connectivity index (χ0) is 28.3. The van der Waals surface area contributed by atoms with E-state index in [1.165, 1.54) is 7.11 Å². The van der Waals surface area contributed by atoms with Crippen molar-refractivity contribution in [2.24, 2.45) is 17.8 Å². The minimum Gasteiger partial charge on any atom is -0.493 e. The maximum atomic E-state index is 12.7. The van der Waals surface area contributed by atoms with Crippen LogP contribution in [0.3, 0.4) is 0 Å². The molecule has 1 amide bonds. The number of rotatable bonds is 15. The number of carboxylic acids is 1. The van der Waals surface area contributed by atoms with Gasteiger partial charge in [-0.25, -0.2) is 4.79 Å². The molecule has 0 aromatic heterocycles. The molecule has 37 heavy (non-hydrogen) atoms. The van der Waals surface area contributed by atoms with E-state index in [9.17, 15) is 19.8 Å². The van der Waals surface area contributed by atoms with E-state index < -0.39 is 41.6 Å². The van der Waals surface area contributed by atoms with Crippen LogP contribution in [0.5, 0.6) is 11.5 Å². The molecule has 9 heteroatoms. The van der Waals surface area contributed by atoms with Gasteiger partial charge in [0, 0.05) is 26.1 Å². The topological polar surface area (TPSA) is 124 Å². The predicted molar refractivity (Wildman–Crippen MR) is 142 cm³/mol. The Morgan fingerprint density at radius 1 is 1.03 bits per heavy atom. The number of alkyl carbamates (subject to hydrolysis) is 1. The fraction of sp³-hybridized carbons (Fsp3) is 0.714. The molecule has 1 unspecified atom stereocenters. The SMILES string of the molecule is COCCCOc1cc(C([C@@H](C)C(=O)O)[C@H](O)[C@H](C[C@H](C)C(C)C)NC(=O)OC(C)(C)C)ccc1OC. The Morgan fingerprint density at radius 2 is 1.68 bits per heavy atom. The lowest BCUT2D eigenvalue weighted by Gasteiger charge is -2.35. The van der Waals surface area contributed by atoms with Gasteiger partial charge in [-0.2, -0.15) is 0 Å². The van der Waals surface area contributed by atoms with Gasteiger partial charge >= 0.3 is 12.1 Å². The third-order valence-corrected chi connectivity index (χ3v) is 6.50. The Bertz CT molecular complexity index is 851. The molecule has 1 aromatic rings. The van der Waals surface area contributed by atoms with Crippen molar-refractivity contribution in [1.29, 1.82) is 0 Å². The molecule has 0 bridgehead atoms. The monoisotopic (exact) mass is 525 g/mol. The molecule has 0 fully saturated rings. The van der Waals surface area contributed by atoms with Gasteiger partial charge in [-0.1, -0.05) is 33.8 Å². The zero-order valence-electron chi connectivity index (χ0n) is 23.9. The van der Waals surface area contributed by atoms with E-state index in [1.54, 1.807) is 53.0 Å². The molecule has 1 rings (SSSR count). The maximum Gasteiger partial charge on any atom is 0.407 e. The lowest BCUT2D eigenvalue weighted by Crippen LogP contribution is -2.50. The molecule has 0 aliphatic rings. The van der Waals surface area contributed by atoms with Crippen LogP contribution in [0.1, 0.15) is 72.8 Å². The Labute approximate surface area is 221 Å². The van der Waals surface area contributed by atoms with Crippen molar-refractivity contribution in [3.05, 3.63) is 23.8 Å². The average molecular weight is 526 g/mol. The highest BCUT2D eigenvalue weighted by Crippen LogP contribution is 2.37. The third kappa shape index (κ3) is 10.8. The van der Waals surface area contributed by atoms with Crippen LogP contribution in [0, 0.1) is 17.8 Å². The number of carboxylic acid groups (broad SMARTS) is 1. The average Bonchev–Trinajstić information content (AvgIpc) is 2.80. The van der Waals surface area contributed by atoms with E-state index in [0.717, 1.165) is 0 Å². The van der Waals surface area contributed by atoms with Crippen LogP contribution in [0.25, 0.3) is 0 Å². The Morgan fingerprint density at radius 3 is 2.19 bits per heavy atom. The standard InChI is InChI=1S/C28H47NO8/c1-17(2)18(3)15-21(29-27(33)37-28(5,6)7)25(30)24(19(4)26(31)32)20-11-12-22(35-9)23(16-20)36-14-10-13-34-8/h11-12,16-19,21,24-25,30H,10,13-15H2,1-9H3,(H,29,33)(H,31,32)/t18-,19+,21-,24?,25+/m0/s1. The first-order valence-electron chi connectivity index (χ1n) is 12.9. The number of carbonyl (C=O) groups excluding carboxylic acids is 1. The van der Waals surface area contributed by atoms with E-state index in [0.29, 0.717) is 49.0 Å². The van der Waals surface area contributed by atoms with Crippen LogP contribution in [-0.2, 0) is 14.3 Å². The molecule has 0 spiro atoms. The van der Waals surface area contributed by atoms with Crippen molar-refractivity contribution in [3.63, 3.8) is 0 Å². The third-order valence-electron chi connectivity index (χ3n) is 6.50. The Balaban J connectivity index is 3.43. The Kier molecular flexibility index (Phi) is 13.2. The Hall–Kier alpha value is -2.52. The van der Waals surface area contributed by atoms with Crippen LogP contribution in [0.4, 0.5) is 4.79 Å². The van der Waals surface area contributed by atoms with E-state index in [4.69, 9.17) is 18.9 Å². The minimum absolute atomic E-state index is 0.144. The van der Waals surface area contributed by atoms with E-state index >= 15 is 0 Å². The largest absolute Gasteiger partial charge is 0.493 e. The van der Waals surface area contributed by atoms with Crippen molar-refractivity contribution < 1.29 is 38.7 Å². The highest BCUT2D eigenvalue weighted by atomic mass is 16.6. The molecule has 5 atom stereocenters. The molecular weight excluding hydrogens is 478 g/mol. The summed E-state index contributed by atoms with van der Waals surface area (Å²) in [5.74, 6) is -1.49. The molecule has 0 aliphatic carbocycles. The van der Waals surface area contributed by atoms with Gasteiger partial charge < -0.3 is 34.5 Å². The van der Waals surface area contributed by atoms with Gasteiger partial charge in [0.1, 0.15) is 5.60 Å². The van der Waals surface area contributed by atoms with Crippen molar-refractivity contribution in [3.8, 4) is 11.5 Å². The molecule has 0 radical (unpaired) electrons. The summed E-state index contributed by atoms with van der Waals surface area (Å²) in [6.45, 7) is 13.9. The second-order valence-electron chi connectivity index (χ2n) is 11.0. The van der Waals surface area contributed by atoms with Gasteiger partial charge in [0.15, 0.2) is 11.5 Å². The van der Waals surface area contributed by atoms with Crippen LogP contribution >= 0.6 is 0 Å². The number of aliphatic hydroxyl groups excluding tert-OH is 1. The van der Waals surface area contributed by atoms with E-state index in [1.807, 2.05) is 6.92 Å². The van der Waals surface area contributed by atoms with Crippen molar-refractivity contribution in [1.82, 2.24) is 5.32 Å². The molecule has 9 nitrogen and oxygen atoms in total. The van der Waals surface area contributed by atoms with Gasteiger partial charge in [0.05, 0.1) is 31.8 Å². The number of benzene rings is 1. The highest BCUT2D eigenvalue weighted by Gasteiger charge is 2.38. The molecule has 0 heterocycles. The van der Waals surface area contributed by atoms with E-state index in [-0.39, 0.29) is 5.92 Å². The molecule has 3 N–H and O–H groups in total. The number of methoxy groups -OCH3 is 2. The van der Waals surface area contributed by atoms with E-state index in [2.05, 4.69) is 19.2 Å². The van der Waals surface area contributed by atoms with Crippen LogP contribution in [-0.4, -0.2) is 67.5 Å². The summed E-state index contributed by atoms with van der Waals surface area (Å²) in [5.41, 5.74) is -0.152. The normalized spacial score (nSPS) is 15.9. The smallest absolute Gasteiger partial charge is 0.407 e. The minimum atomic E-state index is -1.21. The number of nitrogens with one attached hydrogen (secondary N) is 1. The molecule has 0 saturated carbocycles. The van der Waals surface area contributed by atoms with Gasteiger partial charge in [0.2, 0.25) is 0 Å². The molecular formula is C28H47NO8. The number of amides is 1. The second kappa shape index (κ2) is 15.0. The number of aliphatic carboxylic acids is 1. The molecule has 0 aliphatic heterocycles. The fourth-order valence-corrected chi connectivity index (χ4v) is 4.00. The summed E-state index contributed by atoms with van der Waals surface area (Å²) < 4.78 is 21.8. The number of ether oxygens (including phenoxy) is 4. The second-order valence-corrected chi connectivity index (χ2v) is 11.0. The number of hydrogen-bond donors (Lipinski definition) is 3. The summed E-state index contributed by atoms with van der Waals surface area (Å²) in [7, 11) is 3.14. The highest BCUT2D eigenvalue weighted by molar-refractivity contribution is 5.71. The van der Waals surface area contributed by atoms with Crippen molar-refractivity contribution in [2.45, 2.75) is 85.0 Å². The van der Waals surface area contributed by atoms with Crippen molar-refractivity contribution >= 4 is 12.1 Å². The number of carbonyl (C=O) groups is 2. The zero-order valence-corrected chi connectivity index (χ0v) is 23.9. The molecule has 0 saturated heterocycles. The van der Waals surface area contributed by atoms with Gasteiger partial charge in [-0.05, 0) is 56.7 Å². The van der Waals surface area contributed by atoms with Crippen molar-refractivity contribution in [2.75, 3.05) is 27.4 Å². The summed E-state index contributed by atoms with van der Waals surface area (Å²) in [6, 6.07) is 4.38. The fourth-order valence-electron chi connectivity index (χ4n) is 4.00. The summed E-state index contributed by atoms with van der Waals surface area (Å²) in [6.07, 6.45) is -0.769. The first-order chi connectivity index (χ1) is 17.2. The molecule has 212 valence electrons. The van der Waals surface area contributed by atoms with Crippen LogP contribution in [0.2, 0.25) is 0 Å². The van der Waals surface area contributed by atoms with Crippen LogP contribution < -0.4 is 14.8 Å². The maximum absolute atomic E-state index is 12.7. The first kappa shape index (κ1) is 32.5. The molecule has 1 aromatic carbocycles. The van der Waals surface area contributed by atoms with Gasteiger partial charge in [-0.15, -0.1) is 0 Å². The summed E-state index contributed by atoms with van der Waals surface area (Å²) in [4.78, 5) is 24.8. The quantitative estimate of drug-likeness (QED) is 0.278. The lowest BCUT2D eigenvalue weighted by molar-refractivity contribution is -0.143. The van der Waals surface area contributed by atoms with Gasteiger partial charge in [0.25, 0.3) is 0 Å². The summed E-state index contributed by atoms with van der Waals surface area (Å²) in [5, 5.41) is 24.4. The van der Waals surface area contributed by atoms with Crippen LogP contribution in [0.15, 0.2) is 18.2 Å². The predicted octanol–water partition coefficient (Wildman–Crippen LogP) is 4.85. The first-order valence-corrected chi connectivity index (χ1v) is 12.9. The lowest BCUT2D eigenvalue weighted by atomic mass is 9.77. The van der Waals surface area contributed by atoms with Gasteiger partial charge in [-0.3, -0.25) is 4.79 Å².